The van der Waals surface area contributed by atoms with Gasteiger partial charge in [-0.15, -0.1) is 0 Å². The fraction of sp³-hybridized carbons (Fsp3) is 0.174. The average molecular weight is 415 g/mol. The van der Waals surface area contributed by atoms with E-state index in [-0.39, 0.29) is 30.4 Å². The summed E-state index contributed by atoms with van der Waals surface area (Å²) in [6.07, 6.45) is 3.23. The second-order valence-corrected chi connectivity index (χ2v) is 7.24. The minimum Gasteiger partial charge on any atom is -0.350 e. The summed E-state index contributed by atoms with van der Waals surface area (Å²) in [4.78, 5) is 46.1. The number of rotatable bonds is 6. The molecule has 2 aliphatic rings. The summed E-state index contributed by atoms with van der Waals surface area (Å²) in [5.41, 5.74) is 1.85. The standard InChI is InChI=1S/C23H21N5O3/c1-16-7-9-17(10-8-16)13-25-20(29)15-27-12-4-6-19-21(27)26-23(31)28(22(19)30)14-18-5-2-3-11-24-18/h2-12H,13-15H2,1H3,(H,25,29). The molecule has 2 aliphatic heterocycles. The third-order valence-corrected chi connectivity index (χ3v) is 4.92. The van der Waals surface area contributed by atoms with Crippen LogP contribution in [0.5, 0.6) is 0 Å². The van der Waals surface area contributed by atoms with E-state index in [1.54, 1.807) is 42.7 Å². The number of pyridine rings is 2. The number of fused-ring (bicyclic) bond motifs is 1. The van der Waals surface area contributed by atoms with Crippen LogP contribution < -0.4 is 16.6 Å². The highest BCUT2D eigenvalue weighted by Crippen LogP contribution is 2.13. The first-order valence-corrected chi connectivity index (χ1v) is 9.83. The van der Waals surface area contributed by atoms with Crippen LogP contribution in [0.2, 0.25) is 0 Å². The van der Waals surface area contributed by atoms with Crippen molar-refractivity contribution in [2.24, 2.45) is 0 Å². The summed E-state index contributed by atoms with van der Waals surface area (Å²) in [5, 5.41) is 2.85. The first kappa shape index (κ1) is 20.2. The molecule has 4 rings (SSSR count). The number of nitrogens with one attached hydrogen (secondary N) is 1. The van der Waals surface area contributed by atoms with Crippen molar-refractivity contribution in [1.82, 2.24) is 24.4 Å². The summed E-state index contributed by atoms with van der Waals surface area (Å²) < 4.78 is 2.56. The van der Waals surface area contributed by atoms with E-state index in [0.717, 1.165) is 15.7 Å². The quantitative estimate of drug-likeness (QED) is 0.516. The van der Waals surface area contributed by atoms with Crippen molar-refractivity contribution in [2.75, 3.05) is 0 Å². The zero-order valence-corrected chi connectivity index (χ0v) is 17.0. The molecule has 0 unspecified atom stereocenters. The second-order valence-electron chi connectivity index (χ2n) is 7.24. The Hall–Kier alpha value is -4.07. The van der Waals surface area contributed by atoms with Crippen LogP contribution in [-0.2, 0) is 24.4 Å². The molecule has 1 aromatic heterocycles. The van der Waals surface area contributed by atoms with Crippen LogP contribution in [0.15, 0.2) is 76.6 Å². The Morgan fingerprint density at radius 1 is 1.03 bits per heavy atom. The molecule has 1 amide bonds. The van der Waals surface area contributed by atoms with Crippen LogP contribution in [-0.4, -0.2) is 25.0 Å². The number of aromatic nitrogens is 4. The van der Waals surface area contributed by atoms with E-state index in [2.05, 4.69) is 15.3 Å². The van der Waals surface area contributed by atoms with Crippen molar-refractivity contribution >= 4 is 5.91 Å². The molecule has 3 heterocycles. The number of amides is 1. The fourth-order valence-electron chi connectivity index (χ4n) is 3.26. The minimum absolute atomic E-state index is 0.0351. The van der Waals surface area contributed by atoms with Crippen LogP contribution in [0.3, 0.4) is 0 Å². The molecule has 0 bridgehead atoms. The monoisotopic (exact) mass is 415 g/mol. The molecular formula is C23H21N5O3. The van der Waals surface area contributed by atoms with E-state index >= 15 is 0 Å². The number of carbonyl (C=O) groups is 1. The Morgan fingerprint density at radius 3 is 2.58 bits per heavy atom. The lowest BCUT2D eigenvalue weighted by molar-refractivity contribution is -0.121. The van der Waals surface area contributed by atoms with Crippen molar-refractivity contribution in [1.29, 1.82) is 0 Å². The molecule has 0 fully saturated rings. The lowest BCUT2D eigenvalue weighted by Gasteiger charge is -2.15. The number of nitrogens with zero attached hydrogens (tertiary/aromatic N) is 4. The molecule has 0 spiro atoms. The molecule has 156 valence electrons. The zero-order valence-electron chi connectivity index (χ0n) is 17.0. The Kier molecular flexibility index (Phi) is 5.70. The van der Waals surface area contributed by atoms with Crippen molar-refractivity contribution in [3.63, 3.8) is 0 Å². The maximum Gasteiger partial charge on any atom is 0.352 e. The first-order chi connectivity index (χ1) is 15.0. The lowest BCUT2D eigenvalue weighted by atomic mass is 10.1. The van der Waals surface area contributed by atoms with Gasteiger partial charge < -0.3 is 9.88 Å². The van der Waals surface area contributed by atoms with Crippen LogP contribution >= 0.6 is 0 Å². The maximum absolute atomic E-state index is 12.9. The van der Waals surface area contributed by atoms with E-state index in [9.17, 15) is 14.4 Å². The molecule has 0 saturated carbocycles. The predicted molar refractivity (Wildman–Crippen MR) is 116 cm³/mol. The highest BCUT2D eigenvalue weighted by atomic mass is 16.2. The average Bonchev–Trinajstić information content (AvgIpc) is 2.77. The summed E-state index contributed by atoms with van der Waals surface area (Å²) in [6.45, 7) is 2.37. The minimum atomic E-state index is -0.678. The molecule has 31 heavy (non-hydrogen) atoms. The fourth-order valence-corrected chi connectivity index (χ4v) is 3.26. The van der Waals surface area contributed by atoms with Gasteiger partial charge in [0.1, 0.15) is 6.54 Å². The third-order valence-electron chi connectivity index (χ3n) is 4.92. The number of benzene rings is 1. The number of aryl methyl sites for hydroxylation is 1. The molecule has 8 nitrogen and oxygen atoms in total. The van der Waals surface area contributed by atoms with E-state index in [4.69, 9.17) is 0 Å². The zero-order chi connectivity index (χ0) is 21.8. The smallest absolute Gasteiger partial charge is 0.350 e. The summed E-state index contributed by atoms with van der Waals surface area (Å²) >= 11 is 0. The van der Waals surface area contributed by atoms with Crippen molar-refractivity contribution in [3.05, 3.63) is 105 Å². The maximum atomic E-state index is 12.9. The molecule has 1 aromatic carbocycles. The highest BCUT2D eigenvalue weighted by Gasteiger charge is 2.18. The first-order valence-electron chi connectivity index (χ1n) is 9.83. The van der Waals surface area contributed by atoms with Crippen LogP contribution in [0.1, 0.15) is 16.8 Å². The van der Waals surface area contributed by atoms with Gasteiger partial charge in [0.15, 0.2) is 5.82 Å². The van der Waals surface area contributed by atoms with Crippen molar-refractivity contribution in [2.45, 2.75) is 26.6 Å². The summed E-state index contributed by atoms with van der Waals surface area (Å²) in [5.74, 6) is -0.0646. The van der Waals surface area contributed by atoms with Gasteiger partial charge >= 0.3 is 5.69 Å². The van der Waals surface area contributed by atoms with Gasteiger partial charge in [0.05, 0.1) is 17.8 Å². The molecule has 8 heteroatoms. The lowest BCUT2D eigenvalue weighted by Crippen LogP contribution is -2.39. The van der Waals surface area contributed by atoms with Gasteiger partial charge in [-0.3, -0.25) is 19.1 Å². The van der Waals surface area contributed by atoms with Crippen LogP contribution in [0.4, 0.5) is 0 Å². The van der Waals surface area contributed by atoms with Crippen molar-refractivity contribution in [3.8, 4) is 11.4 Å². The summed E-state index contributed by atoms with van der Waals surface area (Å²) in [6, 6.07) is 16.4. The third kappa shape index (κ3) is 4.58. The van der Waals surface area contributed by atoms with E-state index in [1.165, 1.54) is 4.57 Å². The van der Waals surface area contributed by atoms with E-state index in [0.29, 0.717) is 12.2 Å². The van der Waals surface area contributed by atoms with Crippen molar-refractivity contribution < 1.29 is 4.79 Å². The van der Waals surface area contributed by atoms with Gasteiger partial charge in [0.2, 0.25) is 5.91 Å². The topological polar surface area (TPSA) is 98.9 Å². The molecule has 1 N–H and O–H groups in total. The van der Waals surface area contributed by atoms with E-state index < -0.39 is 11.2 Å². The largest absolute Gasteiger partial charge is 0.352 e. The van der Waals surface area contributed by atoms with Crippen LogP contribution in [0.25, 0.3) is 11.4 Å². The number of hydrogen-bond donors (Lipinski definition) is 1. The molecule has 0 radical (unpaired) electrons. The van der Waals surface area contributed by atoms with Gasteiger partial charge in [0.25, 0.3) is 5.56 Å². The predicted octanol–water partition coefficient (Wildman–Crippen LogP) is 1.58. The second kappa shape index (κ2) is 8.74. The van der Waals surface area contributed by atoms with Gasteiger partial charge in [-0.25, -0.2) is 4.79 Å². The Bertz CT molecular complexity index is 1290. The van der Waals surface area contributed by atoms with Gasteiger partial charge in [-0.05, 0) is 36.8 Å². The van der Waals surface area contributed by atoms with Gasteiger partial charge in [-0.1, -0.05) is 35.9 Å². The SMILES string of the molecule is Cc1ccc(CNC(=O)Cn2cccc3c(=O)n(Cc4ccccn4)c(=O)nc2-3)cc1. The highest BCUT2D eigenvalue weighted by molar-refractivity contribution is 5.76. The Morgan fingerprint density at radius 2 is 1.84 bits per heavy atom. The Balaban J connectivity index is 1.56. The van der Waals surface area contributed by atoms with Gasteiger partial charge in [-0.2, -0.15) is 4.98 Å². The van der Waals surface area contributed by atoms with Crippen LogP contribution in [0, 0.1) is 6.92 Å². The number of hydrogen-bond acceptors (Lipinski definition) is 5. The molecule has 0 saturated heterocycles. The normalized spacial score (nSPS) is 10.9. The molecular weight excluding hydrogens is 394 g/mol. The Labute approximate surface area is 178 Å². The molecule has 0 atom stereocenters. The number of carbonyl (C=O) groups excluding carboxylic acids is 1. The molecule has 0 aliphatic carbocycles. The summed E-state index contributed by atoms with van der Waals surface area (Å²) in [7, 11) is 0. The van der Waals surface area contributed by atoms with E-state index in [1.807, 2.05) is 31.2 Å². The molecule has 2 aromatic rings. The van der Waals surface area contributed by atoms with Gasteiger partial charge in [0, 0.05) is 18.9 Å².